The number of rotatable bonds is 7. The van der Waals surface area contributed by atoms with E-state index in [2.05, 4.69) is 15.9 Å². The van der Waals surface area contributed by atoms with Gasteiger partial charge >= 0.3 is 0 Å². The molecule has 0 aromatic heterocycles. The Morgan fingerprint density at radius 3 is 2.20 bits per heavy atom. The molecule has 1 aliphatic heterocycles. The number of ether oxygens (including phenoxy) is 2. The fourth-order valence-electron chi connectivity index (χ4n) is 7.47. The maximum atomic E-state index is 14.2. The Morgan fingerprint density at radius 2 is 1.55 bits per heavy atom. The molecule has 1 heterocycles. The average Bonchev–Trinajstić information content (AvgIpc) is 3.38. The highest BCUT2D eigenvalue weighted by Crippen LogP contribution is 2.53. The lowest BCUT2D eigenvalue weighted by molar-refractivity contribution is -0.123. The van der Waals surface area contributed by atoms with Crippen LogP contribution >= 0.6 is 15.9 Å². The first-order chi connectivity index (χ1) is 23.6. The topological polar surface area (TPSA) is 127 Å². The van der Waals surface area contributed by atoms with Crippen LogP contribution in [0.25, 0.3) is 6.08 Å². The second-order valence-corrected chi connectivity index (χ2v) is 13.2. The molecule has 10 heteroatoms. The molecule has 4 aliphatic rings. The van der Waals surface area contributed by atoms with Gasteiger partial charge in [-0.25, -0.2) is 0 Å². The van der Waals surface area contributed by atoms with Crippen molar-refractivity contribution in [3.63, 3.8) is 0 Å². The summed E-state index contributed by atoms with van der Waals surface area (Å²) in [6, 6.07) is 18.5. The Hall–Kier alpha value is -5.35. The number of carbonyl (C=O) groups is 5. The van der Waals surface area contributed by atoms with Crippen LogP contribution in [0.2, 0.25) is 0 Å². The summed E-state index contributed by atoms with van der Waals surface area (Å²) in [5, 5.41) is 10.4. The molecule has 1 N–H and O–H groups in total. The van der Waals surface area contributed by atoms with Crippen molar-refractivity contribution >= 4 is 56.9 Å². The number of imide groups is 1. The number of Topliss-reactive ketones (excluding diaryl/α,β-unsaturated/α-hetero) is 1. The third-order valence-electron chi connectivity index (χ3n) is 9.79. The summed E-state index contributed by atoms with van der Waals surface area (Å²) in [5.41, 5.74) is 3.41. The standard InChI is InChI=1S/C39H30BrNO8/c1-48-31-16-20(17-32(49-2)37(31)45)8-13-25-24-14-15-26-34(27(24)18-28-33(25)30(42)19-29(40)36(28)44)39(47)41(38(26)46)23-11-9-22(10-12-23)35(43)21-6-4-3-5-7-21/h3-14,16-17,19,25-27,34,45H,15,18H2,1-2H3/t25-,26-,27+,34-/m0/s1. The molecule has 49 heavy (non-hydrogen) atoms. The molecule has 1 saturated heterocycles. The highest BCUT2D eigenvalue weighted by Gasteiger charge is 2.56. The highest BCUT2D eigenvalue weighted by atomic mass is 79.9. The van der Waals surface area contributed by atoms with Gasteiger partial charge in [-0.1, -0.05) is 54.1 Å². The first kappa shape index (κ1) is 32.2. The van der Waals surface area contributed by atoms with E-state index in [4.69, 9.17) is 9.47 Å². The van der Waals surface area contributed by atoms with Crippen molar-refractivity contribution in [1.29, 1.82) is 0 Å². The number of hydrogen-bond donors (Lipinski definition) is 1. The normalized spacial score (nSPS) is 23.2. The number of benzene rings is 3. The lowest BCUT2D eigenvalue weighted by Gasteiger charge is -2.41. The van der Waals surface area contributed by atoms with E-state index >= 15 is 0 Å². The van der Waals surface area contributed by atoms with Gasteiger partial charge in [0.15, 0.2) is 28.8 Å². The van der Waals surface area contributed by atoms with Gasteiger partial charge in [-0.2, -0.15) is 0 Å². The molecule has 0 unspecified atom stereocenters. The molecule has 3 aromatic carbocycles. The third-order valence-corrected chi connectivity index (χ3v) is 10.4. The number of phenols is 1. The molecule has 0 radical (unpaired) electrons. The van der Waals surface area contributed by atoms with Crippen LogP contribution in [0.15, 0.2) is 106 Å². The average molecular weight is 721 g/mol. The summed E-state index contributed by atoms with van der Waals surface area (Å²) in [7, 11) is 2.85. The zero-order chi connectivity index (χ0) is 34.6. The molecule has 246 valence electrons. The lowest BCUT2D eigenvalue weighted by atomic mass is 9.61. The number of hydrogen-bond acceptors (Lipinski definition) is 8. The number of aromatic hydroxyl groups is 1. The molecule has 4 atom stereocenters. The van der Waals surface area contributed by atoms with E-state index in [1.165, 1.54) is 25.2 Å². The molecule has 2 amide bonds. The largest absolute Gasteiger partial charge is 0.502 e. The van der Waals surface area contributed by atoms with Crippen molar-refractivity contribution in [2.75, 3.05) is 19.1 Å². The zero-order valence-electron chi connectivity index (χ0n) is 26.5. The molecule has 3 aromatic rings. The fourth-order valence-corrected chi connectivity index (χ4v) is 7.92. The van der Waals surface area contributed by atoms with Crippen LogP contribution in [0.3, 0.4) is 0 Å². The maximum Gasteiger partial charge on any atom is 0.238 e. The van der Waals surface area contributed by atoms with E-state index < -0.39 is 23.7 Å². The monoisotopic (exact) mass is 719 g/mol. The van der Waals surface area contributed by atoms with Gasteiger partial charge in [-0.3, -0.25) is 28.9 Å². The number of nitrogens with zero attached hydrogens (tertiary/aromatic N) is 1. The molecular formula is C39H30BrNO8. The van der Waals surface area contributed by atoms with E-state index in [1.807, 2.05) is 12.1 Å². The Bertz CT molecular complexity index is 2050. The van der Waals surface area contributed by atoms with Gasteiger partial charge in [0.1, 0.15) is 0 Å². The number of anilines is 1. The Morgan fingerprint density at radius 1 is 0.898 bits per heavy atom. The zero-order valence-corrected chi connectivity index (χ0v) is 28.1. The quantitative estimate of drug-likeness (QED) is 0.133. The summed E-state index contributed by atoms with van der Waals surface area (Å²) in [5.74, 6) is -3.81. The van der Waals surface area contributed by atoms with Crippen molar-refractivity contribution in [3.8, 4) is 17.2 Å². The van der Waals surface area contributed by atoms with E-state index in [0.29, 0.717) is 33.5 Å². The SMILES string of the molecule is COc1cc(C=C[C@H]2C3=CC[C@@H]4C(=O)N(c5ccc(C(=O)c6ccccc6)cc5)C(=O)[C@@H]4[C@@H]3CC3=C2C(=O)C=C(Br)C3=O)cc(OC)c1O. The first-order valence-corrected chi connectivity index (χ1v) is 16.5. The van der Waals surface area contributed by atoms with Gasteiger partial charge in [0, 0.05) is 34.3 Å². The van der Waals surface area contributed by atoms with Gasteiger partial charge in [0.05, 0.1) is 36.2 Å². The molecule has 7 rings (SSSR count). The second-order valence-electron chi connectivity index (χ2n) is 12.3. The van der Waals surface area contributed by atoms with E-state index in [9.17, 15) is 29.1 Å². The maximum absolute atomic E-state index is 14.2. The minimum Gasteiger partial charge on any atom is -0.502 e. The fraction of sp³-hybridized carbons (Fsp3) is 0.205. The molecule has 0 spiro atoms. The van der Waals surface area contributed by atoms with Crippen LogP contribution < -0.4 is 14.4 Å². The molecule has 0 saturated carbocycles. The smallest absolute Gasteiger partial charge is 0.238 e. The summed E-state index contributed by atoms with van der Waals surface area (Å²) in [4.78, 5) is 69.2. The predicted octanol–water partition coefficient (Wildman–Crippen LogP) is 6.15. The summed E-state index contributed by atoms with van der Waals surface area (Å²) >= 11 is 3.25. The highest BCUT2D eigenvalue weighted by molar-refractivity contribution is 9.12. The Labute approximate surface area is 290 Å². The lowest BCUT2D eigenvalue weighted by Crippen LogP contribution is -2.40. The minimum absolute atomic E-state index is 0.137. The van der Waals surface area contributed by atoms with Crippen molar-refractivity contribution in [3.05, 3.63) is 123 Å². The van der Waals surface area contributed by atoms with Crippen LogP contribution in [-0.2, 0) is 19.2 Å². The van der Waals surface area contributed by atoms with Crippen molar-refractivity contribution < 1.29 is 38.6 Å². The van der Waals surface area contributed by atoms with Gasteiger partial charge in [-0.15, -0.1) is 0 Å². The summed E-state index contributed by atoms with van der Waals surface area (Å²) in [6.45, 7) is 0. The van der Waals surface area contributed by atoms with Crippen LogP contribution in [0.1, 0.15) is 34.3 Å². The van der Waals surface area contributed by atoms with Crippen LogP contribution in [0, 0.1) is 23.7 Å². The number of halogens is 1. The predicted molar refractivity (Wildman–Crippen MR) is 184 cm³/mol. The number of carbonyl (C=O) groups excluding carboxylic acids is 5. The van der Waals surface area contributed by atoms with E-state index in [-0.39, 0.29) is 63.7 Å². The number of amides is 2. The molecule has 1 fully saturated rings. The van der Waals surface area contributed by atoms with E-state index in [1.54, 1.807) is 72.8 Å². The third kappa shape index (κ3) is 5.36. The van der Waals surface area contributed by atoms with Crippen LogP contribution in [0.5, 0.6) is 17.2 Å². The van der Waals surface area contributed by atoms with Gasteiger partial charge in [-0.05, 0) is 76.7 Å². The van der Waals surface area contributed by atoms with Gasteiger partial charge in [0.25, 0.3) is 0 Å². The number of fused-ring (bicyclic) bond motifs is 3. The Balaban J connectivity index is 1.24. The first-order valence-electron chi connectivity index (χ1n) is 15.7. The van der Waals surface area contributed by atoms with Crippen LogP contribution in [0.4, 0.5) is 5.69 Å². The molecule has 9 nitrogen and oxygen atoms in total. The minimum atomic E-state index is -0.746. The molecule has 3 aliphatic carbocycles. The van der Waals surface area contributed by atoms with Crippen LogP contribution in [-0.4, -0.2) is 48.5 Å². The Kier molecular flexibility index (Phi) is 8.28. The van der Waals surface area contributed by atoms with Crippen molar-refractivity contribution in [2.24, 2.45) is 23.7 Å². The van der Waals surface area contributed by atoms with Crippen molar-refractivity contribution in [1.82, 2.24) is 0 Å². The number of ketones is 3. The second kappa shape index (κ2) is 12.6. The molecule has 0 bridgehead atoms. The number of methoxy groups -OCH3 is 2. The van der Waals surface area contributed by atoms with Crippen molar-refractivity contribution in [2.45, 2.75) is 12.8 Å². The van der Waals surface area contributed by atoms with Gasteiger partial charge < -0.3 is 14.6 Å². The van der Waals surface area contributed by atoms with Gasteiger partial charge in [0.2, 0.25) is 17.6 Å². The number of allylic oxidation sites excluding steroid dienone is 7. The summed E-state index contributed by atoms with van der Waals surface area (Å²) < 4.78 is 10.7. The molecular weight excluding hydrogens is 690 g/mol. The summed E-state index contributed by atoms with van der Waals surface area (Å²) in [6.07, 6.45) is 7.20. The van der Waals surface area contributed by atoms with E-state index in [0.717, 1.165) is 5.57 Å². The number of phenolic OH excluding ortho intramolecular Hbond substituents is 1.